The van der Waals surface area contributed by atoms with Crippen LogP contribution in [0.1, 0.15) is 18.1 Å². The first-order valence-electron chi connectivity index (χ1n) is 10.2. The molecule has 3 atom stereocenters. The van der Waals surface area contributed by atoms with Crippen LogP contribution in [0.5, 0.6) is 0 Å². The molecule has 2 aromatic rings. The number of carboxylic acid groups (broad SMARTS) is 1. The molecule has 0 bridgehead atoms. The zero-order valence-corrected chi connectivity index (χ0v) is 17.8. The Labute approximate surface area is 186 Å². The van der Waals surface area contributed by atoms with Gasteiger partial charge in [0, 0.05) is 6.42 Å². The Bertz CT molecular complexity index is 920. The molecule has 0 spiro atoms. The maximum absolute atomic E-state index is 12.3. The van der Waals surface area contributed by atoms with E-state index in [0.717, 1.165) is 11.1 Å². The Morgan fingerprint density at radius 2 is 1.38 bits per heavy atom. The molecular weight excluding hydrogens is 412 g/mol. The van der Waals surface area contributed by atoms with E-state index >= 15 is 0 Å². The van der Waals surface area contributed by atoms with Gasteiger partial charge in [0.1, 0.15) is 12.1 Å². The molecule has 170 valence electrons. The molecule has 2 rings (SSSR count). The van der Waals surface area contributed by atoms with Crippen LogP contribution in [-0.4, -0.2) is 53.5 Å². The third-order valence-electron chi connectivity index (χ3n) is 4.73. The van der Waals surface area contributed by atoms with Crippen molar-refractivity contribution in [3.8, 4) is 0 Å². The molecule has 3 unspecified atom stereocenters. The van der Waals surface area contributed by atoms with Crippen molar-refractivity contribution in [2.24, 2.45) is 5.73 Å². The highest BCUT2D eigenvalue weighted by molar-refractivity contribution is 5.92. The highest BCUT2D eigenvalue weighted by Crippen LogP contribution is 2.04. The molecule has 0 heterocycles. The Hall–Kier alpha value is -3.72. The van der Waals surface area contributed by atoms with Crippen molar-refractivity contribution >= 4 is 23.7 Å². The third-order valence-corrected chi connectivity index (χ3v) is 4.73. The predicted molar refractivity (Wildman–Crippen MR) is 118 cm³/mol. The Morgan fingerprint density at radius 3 is 1.91 bits per heavy atom. The van der Waals surface area contributed by atoms with Gasteiger partial charge in [-0.25, -0.2) is 4.79 Å². The van der Waals surface area contributed by atoms with E-state index < -0.39 is 41.8 Å². The minimum absolute atomic E-state index is 0.109. The Balaban J connectivity index is 1.78. The van der Waals surface area contributed by atoms with Gasteiger partial charge in [0.25, 0.3) is 0 Å². The van der Waals surface area contributed by atoms with Crippen LogP contribution in [0.4, 0.5) is 0 Å². The summed E-state index contributed by atoms with van der Waals surface area (Å²) >= 11 is 0. The van der Waals surface area contributed by atoms with Gasteiger partial charge in [0.05, 0.1) is 12.6 Å². The minimum atomic E-state index is -1.18. The highest BCUT2D eigenvalue weighted by Gasteiger charge is 2.24. The molecule has 0 aliphatic heterocycles. The van der Waals surface area contributed by atoms with E-state index in [1.807, 2.05) is 36.4 Å². The first-order valence-corrected chi connectivity index (χ1v) is 10.2. The number of carboxylic acids is 1. The van der Waals surface area contributed by atoms with Crippen LogP contribution in [0.25, 0.3) is 0 Å². The van der Waals surface area contributed by atoms with Gasteiger partial charge in [0.15, 0.2) is 0 Å². The monoisotopic (exact) mass is 440 g/mol. The van der Waals surface area contributed by atoms with Gasteiger partial charge in [-0.05, 0) is 24.5 Å². The van der Waals surface area contributed by atoms with Crippen LogP contribution in [0.2, 0.25) is 0 Å². The number of aliphatic carboxylic acids is 1. The first-order chi connectivity index (χ1) is 15.3. The van der Waals surface area contributed by atoms with Gasteiger partial charge in [-0.3, -0.25) is 14.4 Å². The zero-order valence-electron chi connectivity index (χ0n) is 17.8. The van der Waals surface area contributed by atoms with Crippen LogP contribution in [-0.2, 0) is 32.0 Å². The number of hydrogen-bond donors (Lipinski definition) is 5. The fourth-order valence-electron chi connectivity index (χ4n) is 2.96. The summed E-state index contributed by atoms with van der Waals surface area (Å²) in [4.78, 5) is 48.0. The summed E-state index contributed by atoms with van der Waals surface area (Å²) in [6.45, 7) is 1.07. The summed E-state index contributed by atoms with van der Waals surface area (Å²) in [6, 6.07) is 15.2. The van der Waals surface area contributed by atoms with Gasteiger partial charge in [-0.2, -0.15) is 0 Å². The van der Waals surface area contributed by atoms with E-state index in [1.54, 1.807) is 24.3 Å². The first kappa shape index (κ1) is 24.5. The average Bonchev–Trinajstić information content (AvgIpc) is 2.78. The van der Waals surface area contributed by atoms with Gasteiger partial charge >= 0.3 is 5.97 Å². The summed E-state index contributed by atoms with van der Waals surface area (Å²) in [6.07, 6.45) is 0.434. The van der Waals surface area contributed by atoms with Crippen molar-refractivity contribution in [3.05, 3.63) is 71.8 Å². The SMILES string of the molecule is CC(NC(=O)CNC(=O)C(N)Cc1ccccc1)C(=O)NC(Cc1ccccc1)C(=O)O. The predicted octanol–water partition coefficient (Wildman–Crippen LogP) is -0.0106. The molecule has 2 aromatic carbocycles. The maximum atomic E-state index is 12.3. The number of rotatable bonds is 11. The molecule has 9 nitrogen and oxygen atoms in total. The molecule has 0 saturated carbocycles. The fraction of sp³-hybridized carbons (Fsp3) is 0.304. The lowest BCUT2D eigenvalue weighted by atomic mass is 10.1. The van der Waals surface area contributed by atoms with Crippen molar-refractivity contribution < 1.29 is 24.3 Å². The molecule has 0 saturated heterocycles. The van der Waals surface area contributed by atoms with Crippen LogP contribution in [0.3, 0.4) is 0 Å². The van der Waals surface area contributed by atoms with Crippen molar-refractivity contribution in [2.75, 3.05) is 6.54 Å². The van der Waals surface area contributed by atoms with Crippen LogP contribution < -0.4 is 21.7 Å². The van der Waals surface area contributed by atoms with E-state index in [-0.39, 0.29) is 13.0 Å². The summed E-state index contributed by atoms with van der Waals surface area (Å²) in [5.41, 5.74) is 7.52. The highest BCUT2D eigenvalue weighted by atomic mass is 16.4. The van der Waals surface area contributed by atoms with Gasteiger partial charge in [-0.1, -0.05) is 60.7 Å². The molecule has 0 aliphatic rings. The Kier molecular flexibility index (Phi) is 9.37. The summed E-state index contributed by atoms with van der Waals surface area (Å²) < 4.78 is 0. The second-order valence-corrected chi connectivity index (χ2v) is 7.39. The molecule has 0 radical (unpaired) electrons. The van der Waals surface area contributed by atoms with E-state index in [1.165, 1.54) is 6.92 Å². The molecule has 32 heavy (non-hydrogen) atoms. The molecule has 0 fully saturated rings. The number of carbonyl (C=O) groups excluding carboxylic acids is 3. The molecule has 0 aliphatic carbocycles. The minimum Gasteiger partial charge on any atom is -0.480 e. The fourth-order valence-corrected chi connectivity index (χ4v) is 2.96. The standard InChI is InChI=1S/C23H28N4O5/c1-15(21(29)27-19(23(31)32)13-17-10-6-3-7-11-17)26-20(28)14-25-22(30)18(24)12-16-8-4-2-5-9-16/h2-11,15,18-19H,12-14,24H2,1H3,(H,25,30)(H,26,28)(H,27,29)(H,31,32). The van der Waals surface area contributed by atoms with Crippen LogP contribution in [0.15, 0.2) is 60.7 Å². The molecule has 3 amide bonds. The van der Waals surface area contributed by atoms with E-state index in [9.17, 15) is 24.3 Å². The number of amides is 3. The number of benzene rings is 2. The lowest BCUT2D eigenvalue weighted by molar-refractivity contribution is -0.142. The molecular formula is C23H28N4O5. The lowest BCUT2D eigenvalue weighted by Gasteiger charge is -2.19. The summed E-state index contributed by atoms with van der Waals surface area (Å²) in [5.74, 6) is -2.91. The van der Waals surface area contributed by atoms with Crippen molar-refractivity contribution in [1.82, 2.24) is 16.0 Å². The van der Waals surface area contributed by atoms with Crippen molar-refractivity contribution in [2.45, 2.75) is 37.9 Å². The van der Waals surface area contributed by atoms with E-state index in [2.05, 4.69) is 16.0 Å². The van der Waals surface area contributed by atoms with Crippen molar-refractivity contribution in [3.63, 3.8) is 0 Å². The lowest BCUT2D eigenvalue weighted by Crippen LogP contribution is -2.53. The van der Waals surface area contributed by atoms with Crippen LogP contribution in [0, 0.1) is 0 Å². The number of hydrogen-bond acceptors (Lipinski definition) is 5. The normalized spacial score (nSPS) is 13.3. The zero-order chi connectivity index (χ0) is 23.5. The van der Waals surface area contributed by atoms with Crippen LogP contribution >= 0.6 is 0 Å². The average molecular weight is 441 g/mol. The quantitative estimate of drug-likeness (QED) is 0.332. The van der Waals surface area contributed by atoms with Gasteiger partial charge in [0.2, 0.25) is 17.7 Å². The molecule has 9 heteroatoms. The number of nitrogens with one attached hydrogen (secondary N) is 3. The third kappa shape index (κ3) is 8.19. The second-order valence-electron chi connectivity index (χ2n) is 7.39. The number of carbonyl (C=O) groups is 4. The number of nitrogens with two attached hydrogens (primary N) is 1. The maximum Gasteiger partial charge on any atom is 0.326 e. The topological polar surface area (TPSA) is 151 Å². The van der Waals surface area contributed by atoms with Gasteiger partial charge in [-0.15, -0.1) is 0 Å². The van der Waals surface area contributed by atoms with Gasteiger partial charge < -0.3 is 26.8 Å². The summed E-state index contributed by atoms with van der Waals surface area (Å²) in [7, 11) is 0. The van der Waals surface area contributed by atoms with E-state index in [4.69, 9.17) is 5.73 Å². The smallest absolute Gasteiger partial charge is 0.326 e. The second kappa shape index (κ2) is 12.2. The Morgan fingerprint density at radius 1 is 0.844 bits per heavy atom. The van der Waals surface area contributed by atoms with Crippen molar-refractivity contribution in [1.29, 1.82) is 0 Å². The summed E-state index contributed by atoms with van der Waals surface area (Å²) in [5, 5.41) is 16.7. The molecule has 0 aromatic heterocycles. The largest absolute Gasteiger partial charge is 0.480 e. The van der Waals surface area contributed by atoms with E-state index in [0.29, 0.717) is 6.42 Å². The molecule has 6 N–H and O–H groups in total.